The van der Waals surface area contributed by atoms with E-state index >= 15 is 0 Å². The quantitative estimate of drug-likeness (QED) is 0.365. The zero-order valence-electron chi connectivity index (χ0n) is 13.3. The van der Waals surface area contributed by atoms with Gasteiger partial charge in [-0.05, 0) is 37.5 Å². The molecule has 0 unspecified atom stereocenters. The molecule has 0 radical (unpaired) electrons. The summed E-state index contributed by atoms with van der Waals surface area (Å²) < 4.78 is 5.61. The number of nitrogens with zero attached hydrogens (tertiary/aromatic N) is 2. The fourth-order valence-corrected chi connectivity index (χ4v) is 2.78. The van der Waals surface area contributed by atoms with E-state index in [2.05, 4.69) is 41.1 Å². The molecule has 1 aromatic heterocycles. The number of hydrogen-bond acceptors (Lipinski definition) is 7. The van der Waals surface area contributed by atoms with Gasteiger partial charge >= 0.3 is 0 Å². The van der Waals surface area contributed by atoms with Crippen LogP contribution in [0.4, 0.5) is 0 Å². The zero-order chi connectivity index (χ0) is 16.4. The Kier molecular flexibility index (Phi) is 8.49. The molecule has 0 bridgehead atoms. The van der Waals surface area contributed by atoms with Crippen LogP contribution in [0.1, 0.15) is 16.9 Å². The second kappa shape index (κ2) is 10.1. The fraction of sp³-hybridized carbons (Fsp3) is 0.571. The maximum Gasteiger partial charge on any atom is 0.274 e. The monoisotopic (exact) mass is 328 g/mol. The van der Waals surface area contributed by atoms with Gasteiger partial charge in [0.05, 0.1) is 11.5 Å². The van der Waals surface area contributed by atoms with E-state index in [4.69, 9.17) is 4.74 Å². The maximum absolute atomic E-state index is 10.4. The van der Waals surface area contributed by atoms with Crippen LogP contribution >= 0.6 is 11.3 Å². The van der Waals surface area contributed by atoms with Crippen molar-refractivity contribution in [2.75, 3.05) is 34.3 Å². The van der Waals surface area contributed by atoms with E-state index in [-0.39, 0.29) is 0 Å². The highest BCUT2D eigenvalue weighted by Crippen LogP contribution is 2.16. The van der Waals surface area contributed by atoms with Crippen LogP contribution in [0.5, 0.6) is 0 Å². The van der Waals surface area contributed by atoms with Crippen LogP contribution in [0.15, 0.2) is 23.5 Å². The normalized spacial score (nSPS) is 11.7. The Labute approximate surface area is 135 Å². The second-order valence-corrected chi connectivity index (χ2v) is 6.07. The lowest BCUT2D eigenvalue weighted by Crippen LogP contribution is -2.26. The molecule has 0 aliphatic rings. The SMILES string of the molecule is CN/C(=C\[N+](=O)[O-])NCCCOCc1csc(CN(C)C)c1. The fourth-order valence-electron chi connectivity index (χ4n) is 1.79. The van der Waals surface area contributed by atoms with Crippen molar-refractivity contribution in [2.24, 2.45) is 0 Å². The van der Waals surface area contributed by atoms with Crippen molar-refractivity contribution in [2.45, 2.75) is 19.6 Å². The third kappa shape index (κ3) is 7.96. The minimum absolute atomic E-state index is 0.399. The molecule has 0 amide bonds. The summed E-state index contributed by atoms with van der Waals surface area (Å²) in [5, 5.41) is 18.2. The average Bonchev–Trinajstić information content (AvgIpc) is 2.87. The van der Waals surface area contributed by atoms with Gasteiger partial charge in [-0.25, -0.2) is 0 Å². The molecule has 0 aromatic carbocycles. The third-order valence-electron chi connectivity index (χ3n) is 2.73. The highest BCUT2D eigenvalue weighted by atomic mass is 32.1. The molecular formula is C14H24N4O3S. The number of thiophene rings is 1. The first kappa shape index (κ1) is 18.4. The summed E-state index contributed by atoms with van der Waals surface area (Å²) >= 11 is 1.75. The molecule has 0 atom stereocenters. The maximum atomic E-state index is 10.4. The first-order chi connectivity index (χ1) is 10.5. The lowest BCUT2D eigenvalue weighted by molar-refractivity contribution is -0.404. The molecule has 1 rings (SSSR count). The van der Waals surface area contributed by atoms with Crippen LogP contribution in [-0.4, -0.2) is 44.1 Å². The predicted octanol–water partition coefficient (Wildman–Crippen LogP) is 1.60. The number of ether oxygens (including phenoxy) is 1. The van der Waals surface area contributed by atoms with Crippen molar-refractivity contribution in [3.63, 3.8) is 0 Å². The van der Waals surface area contributed by atoms with E-state index in [1.165, 1.54) is 10.4 Å². The Hall–Kier alpha value is -1.64. The molecule has 0 saturated carbocycles. The van der Waals surface area contributed by atoms with Gasteiger partial charge in [-0.2, -0.15) is 0 Å². The van der Waals surface area contributed by atoms with E-state index < -0.39 is 4.92 Å². The topological polar surface area (TPSA) is 79.7 Å². The van der Waals surface area contributed by atoms with E-state index in [1.54, 1.807) is 18.4 Å². The minimum atomic E-state index is -0.489. The number of hydrogen-bond donors (Lipinski definition) is 2. The molecule has 8 heteroatoms. The summed E-state index contributed by atoms with van der Waals surface area (Å²) in [5.41, 5.74) is 1.19. The van der Waals surface area contributed by atoms with Gasteiger partial charge in [0.2, 0.25) is 0 Å². The molecule has 0 fully saturated rings. The smallest absolute Gasteiger partial charge is 0.274 e. The molecule has 0 aliphatic heterocycles. The van der Waals surface area contributed by atoms with Crippen LogP contribution in [0.25, 0.3) is 0 Å². The highest BCUT2D eigenvalue weighted by Gasteiger charge is 2.02. The average molecular weight is 328 g/mol. The number of nitrogens with one attached hydrogen (secondary N) is 2. The molecular weight excluding hydrogens is 304 g/mol. The van der Waals surface area contributed by atoms with E-state index in [1.807, 2.05) is 0 Å². The van der Waals surface area contributed by atoms with Gasteiger partial charge in [-0.15, -0.1) is 11.3 Å². The Morgan fingerprint density at radius 2 is 2.32 bits per heavy atom. The molecule has 7 nitrogen and oxygen atoms in total. The second-order valence-electron chi connectivity index (χ2n) is 5.07. The molecule has 0 spiro atoms. The Morgan fingerprint density at radius 1 is 1.55 bits per heavy atom. The van der Waals surface area contributed by atoms with E-state index in [9.17, 15) is 10.1 Å². The van der Waals surface area contributed by atoms with Crippen molar-refractivity contribution >= 4 is 11.3 Å². The van der Waals surface area contributed by atoms with E-state index in [0.29, 0.717) is 25.6 Å². The Balaban J connectivity index is 2.15. The summed E-state index contributed by atoms with van der Waals surface area (Å²) in [7, 11) is 5.74. The van der Waals surface area contributed by atoms with Crippen molar-refractivity contribution in [1.82, 2.24) is 15.5 Å². The summed E-state index contributed by atoms with van der Waals surface area (Å²) in [5.74, 6) is 0.399. The summed E-state index contributed by atoms with van der Waals surface area (Å²) in [6, 6.07) is 2.17. The zero-order valence-corrected chi connectivity index (χ0v) is 14.1. The Bertz CT molecular complexity index is 488. The van der Waals surface area contributed by atoms with Crippen molar-refractivity contribution in [1.29, 1.82) is 0 Å². The van der Waals surface area contributed by atoms with Crippen molar-refractivity contribution in [3.8, 4) is 0 Å². The van der Waals surface area contributed by atoms with Gasteiger partial charge in [0.15, 0.2) is 5.82 Å². The molecule has 0 aliphatic carbocycles. The van der Waals surface area contributed by atoms with Gasteiger partial charge in [0.1, 0.15) is 0 Å². The van der Waals surface area contributed by atoms with Gasteiger partial charge in [0, 0.05) is 31.6 Å². The van der Waals surface area contributed by atoms with Crippen molar-refractivity contribution in [3.05, 3.63) is 44.0 Å². The molecule has 2 N–H and O–H groups in total. The highest BCUT2D eigenvalue weighted by molar-refractivity contribution is 7.10. The lowest BCUT2D eigenvalue weighted by Gasteiger charge is -2.08. The summed E-state index contributed by atoms with van der Waals surface area (Å²) in [4.78, 5) is 13.3. The van der Waals surface area contributed by atoms with Crippen LogP contribution in [-0.2, 0) is 17.9 Å². The summed E-state index contributed by atoms with van der Waals surface area (Å²) in [6.07, 6.45) is 1.70. The standard InChI is InChI=1S/C14H24N4O3S/c1-15-14(9-18(19)20)16-5-4-6-21-10-12-7-13(22-11-12)8-17(2)3/h7,9,11,15-16H,4-6,8,10H2,1-3H3/b14-9+. The summed E-state index contributed by atoms with van der Waals surface area (Å²) in [6.45, 7) is 2.79. The minimum Gasteiger partial charge on any atom is -0.377 e. The predicted molar refractivity (Wildman–Crippen MR) is 88.1 cm³/mol. The van der Waals surface area contributed by atoms with Gasteiger partial charge in [-0.1, -0.05) is 0 Å². The first-order valence-corrected chi connectivity index (χ1v) is 7.95. The van der Waals surface area contributed by atoms with Gasteiger partial charge in [-0.3, -0.25) is 10.1 Å². The molecule has 22 heavy (non-hydrogen) atoms. The van der Waals surface area contributed by atoms with Gasteiger partial charge in [0.25, 0.3) is 6.20 Å². The van der Waals surface area contributed by atoms with Crippen LogP contribution in [0, 0.1) is 10.1 Å². The van der Waals surface area contributed by atoms with E-state index in [0.717, 1.165) is 19.2 Å². The molecule has 1 heterocycles. The first-order valence-electron chi connectivity index (χ1n) is 7.07. The number of nitro groups is 1. The molecule has 1 aromatic rings. The van der Waals surface area contributed by atoms with Crippen LogP contribution < -0.4 is 10.6 Å². The molecule has 124 valence electrons. The van der Waals surface area contributed by atoms with Crippen LogP contribution in [0.3, 0.4) is 0 Å². The molecule has 0 saturated heterocycles. The largest absolute Gasteiger partial charge is 0.377 e. The van der Waals surface area contributed by atoms with Crippen LogP contribution in [0.2, 0.25) is 0 Å². The number of rotatable bonds is 11. The third-order valence-corrected chi connectivity index (χ3v) is 3.70. The lowest BCUT2D eigenvalue weighted by atomic mass is 10.3. The van der Waals surface area contributed by atoms with Gasteiger partial charge < -0.3 is 20.3 Å². The van der Waals surface area contributed by atoms with Crippen molar-refractivity contribution < 1.29 is 9.66 Å². The Morgan fingerprint density at radius 3 is 2.95 bits per heavy atom.